The Labute approximate surface area is 346 Å². The molecule has 4 amide bonds. The normalized spacial score (nSPS) is 26.3. The molecule has 4 saturated heterocycles. The standard InChI is InChI=1S/2C16H21N3O2.C11H17N3O3/c1-11(20)15-10-12-6-3-4-8-14(12)18-9-5-7-13(17-2)16(21)19(15)18;1-11(20)14-8-5-9-18-15-7-4-3-6-12(15)10-13(17-2)16(21)19(14)18;1-7(15)9-5-6-13-10(16)4-3-8(12-2)11(17)14(9)13/h3-4,6,8,13,15,17H,5,7,9-10H2,1-2H3;3-4,6-7,13-14,17H,5,8-10H2,1-2H3;8-9,12H,3-6H2,1-2H3. The molecule has 0 bridgehead atoms. The van der Waals surface area contributed by atoms with Crippen LogP contribution in [-0.4, -0.2) is 138 Å². The highest BCUT2D eigenvalue weighted by Crippen LogP contribution is 2.35. The molecular weight excluding hydrogens is 755 g/mol. The molecule has 6 aliphatic rings. The van der Waals surface area contributed by atoms with Crippen LogP contribution in [0.4, 0.5) is 11.4 Å². The molecule has 2 aromatic rings. The van der Waals surface area contributed by atoms with Crippen LogP contribution in [0.3, 0.4) is 0 Å². The fraction of sp³-hybridized carbons (Fsp3) is 0.558. The summed E-state index contributed by atoms with van der Waals surface area (Å²) < 4.78 is 0. The van der Waals surface area contributed by atoms with E-state index in [-0.39, 0.29) is 71.2 Å². The number of likely N-dealkylation sites (N-methyl/N-ethyl adjacent to an activating group) is 3. The summed E-state index contributed by atoms with van der Waals surface area (Å²) in [6, 6.07) is 14.1. The zero-order valence-electron chi connectivity index (χ0n) is 35.1. The highest BCUT2D eigenvalue weighted by atomic mass is 16.2. The largest absolute Gasteiger partial charge is 0.309 e. The second-order valence-electron chi connectivity index (χ2n) is 16.0. The van der Waals surface area contributed by atoms with Gasteiger partial charge in [0, 0.05) is 32.5 Å². The number of hydrogen-bond donors (Lipinski definition) is 3. The van der Waals surface area contributed by atoms with Crippen molar-refractivity contribution in [2.75, 3.05) is 50.8 Å². The molecule has 3 N–H and O–H groups in total. The third-order valence-electron chi connectivity index (χ3n) is 12.3. The number of Topliss-reactive ketones (excluding diaryl/α,β-unsaturated/α-hetero) is 3. The first kappa shape index (κ1) is 43.4. The minimum atomic E-state index is -0.472. The van der Waals surface area contributed by atoms with Crippen molar-refractivity contribution in [1.82, 2.24) is 36.0 Å². The van der Waals surface area contributed by atoms with Gasteiger partial charge in [-0.3, -0.25) is 48.6 Å². The van der Waals surface area contributed by atoms with Crippen molar-refractivity contribution in [3.63, 3.8) is 0 Å². The summed E-state index contributed by atoms with van der Waals surface area (Å²) in [4.78, 5) is 85.3. The van der Waals surface area contributed by atoms with E-state index in [2.05, 4.69) is 22.0 Å². The highest BCUT2D eigenvalue weighted by molar-refractivity contribution is 5.95. The number of carbonyl (C=O) groups is 7. The van der Waals surface area contributed by atoms with Crippen LogP contribution in [0.15, 0.2) is 48.5 Å². The van der Waals surface area contributed by atoms with Crippen LogP contribution in [0, 0.1) is 0 Å². The number of anilines is 2. The van der Waals surface area contributed by atoms with Crippen molar-refractivity contribution in [3.05, 3.63) is 59.7 Å². The third kappa shape index (κ3) is 8.75. The number of carbonyl (C=O) groups excluding carboxylic acids is 7. The van der Waals surface area contributed by atoms with Gasteiger partial charge in [0.05, 0.1) is 29.5 Å². The summed E-state index contributed by atoms with van der Waals surface area (Å²) in [7, 11) is 5.30. The lowest BCUT2D eigenvalue weighted by Crippen LogP contribution is -2.61. The Morgan fingerprint density at radius 1 is 0.508 bits per heavy atom. The van der Waals surface area contributed by atoms with Gasteiger partial charge in [0.2, 0.25) is 5.91 Å². The molecule has 6 atom stereocenters. The average Bonchev–Trinajstić information content (AvgIpc) is 3.51. The van der Waals surface area contributed by atoms with Crippen molar-refractivity contribution < 1.29 is 33.6 Å². The number of hydrogen-bond acceptors (Lipinski definition) is 12. The molecule has 0 spiro atoms. The lowest BCUT2D eigenvalue weighted by atomic mass is 9.97. The topological polar surface area (TPSA) is 175 Å². The maximum atomic E-state index is 12.9. The Morgan fingerprint density at radius 2 is 0.949 bits per heavy atom. The summed E-state index contributed by atoms with van der Waals surface area (Å²) in [5, 5.41) is 19.3. The van der Waals surface area contributed by atoms with E-state index in [1.165, 1.54) is 16.9 Å². The lowest BCUT2D eigenvalue weighted by Gasteiger charge is -2.45. The fourth-order valence-corrected chi connectivity index (χ4v) is 9.16. The van der Waals surface area contributed by atoms with Gasteiger partial charge < -0.3 is 16.0 Å². The van der Waals surface area contributed by atoms with Crippen molar-refractivity contribution in [3.8, 4) is 0 Å². The molecule has 2 aromatic carbocycles. The summed E-state index contributed by atoms with van der Waals surface area (Å²) in [5.74, 6) is -0.207. The maximum Gasteiger partial charge on any atom is 0.259 e. The number of hydrazine groups is 3. The molecule has 0 radical (unpaired) electrons. The predicted molar refractivity (Wildman–Crippen MR) is 222 cm³/mol. The first-order valence-corrected chi connectivity index (χ1v) is 20.9. The monoisotopic (exact) mass is 813 g/mol. The molecule has 0 aromatic heterocycles. The smallest absolute Gasteiger partial charge is 0.259 e. The van der Waals surface area contributed by atoms with Crippen molar-refractivity contribution >= 4 is 52.4 Å². The zero-order valence-corrected chi connectivity index (χ0v) is 35.1. The average molecular weight is 814 g/mol. The summed E-state index contributed by atoms with van der Waals surface area (Å²) >= 11 is 0. The molecule has 6 heterocycles. The van der Waals surface area contributed by atoms with Gasteiger partial charge >= 0.3 is 0 Å². The number of nitrogens with zero attached hydrogens (tertiary/aromatic N) is 6. The molecule has 16 heteroatoms. The van der Waals surface area contributed by atoms with Gasteiger partial charge in [-0.15, -0.1) is 0 Å². The van der Waals surface area contributed by atoms with Gasteiger partial charge in [0.25, 0.3) is 17.7 Å². The lowest BCUT2D eigenvalue weighted by molar-refractivity contribution is -0.161. The molecule has 0 aliphatic carbocycles. The number of para-hydroxylation sites is 2. The quantitative estimate of drug-likeness (QED) is 0.385. The Balaban J connectivity index is 0.000000150. The first-order chi connectivity index (χ1) is 28.3. The Hall–Kier alpha value is -5.19. The Morgan fingerprint density at radius 3 is 1.49 bits per heavy atom. The molecule has 0 saturated carbocycles. The number of ketones is 3. The molecular formula is C43H59N9O7. The van der Waals surface area contributed by atoms with E-state index >= 15 is 0 Å². The van der Waals surface area contributed by atoms with Gasteiger partial charge in [-0.05, 0) is 110 Å². The van der Waals surface area contributed by atoms with E-state index in [1.54, 1.807) is 45.0 Å². The van der Waals surface area contributed by atoms with Crippen molar-refractivity contribution in [2.45, 2.75) is 115 Å². The number of nitrogens with one attached hydrogen (secondary N) is 3. The number of rotatable bonds is 6. The van der Waals surface area contributed by atoms with Crippen LogP contribution in [0.25, 0.3) is 0 Å². The van der Waals surface area contributed by atoms with E-state index in [0.29, 0.717) is 38.6 Å². The first-order valence-electron chi connectivity index (χ1n) is 20.9. The SMILES string of the molecule is CNC1CCC(=O)N2CCC(C(C)=O)N2C1=O.CNC1CCCN2c3ccccc3CC(C(C)=O)N2C1=O.CNC1Cc2ccccc2N2CCCC(C(C)=O)N2C1=O. The van der Waals surface area contributed by atoms with E-state index < -0.39 is 6.04 Å². The van der Waals surface area contributed by atoms with E-state index in [4.69, 9.17) is 0 Å². The van der Waals surface area contributed by atoms with Crippen LogP contribution in [0.2, 0.25) is 0 Å². The third-order valence-corrected chi connectivity index (χ3v) is 12.3. The van der Waals surface area contributed by atoms with E-state index in [9.17, 15) is 33.6 Å². The second kappa shape index (κ2) is 18.8. The molecule has 318 valence electrons. The molecule has 59 heavy (non-hydrogen) atoms. The number of amides is 4. The molecule has 6 unspecified atom stereocenters. The molecule has 4 fully saturated rings. The zero-order chi connectivity index (χ0) is 42.5. The van der Waals surface area contributed by atoms with Gasteiger partial charge in [0.1, 0.15) is 18.1 Å². The second-order valence-corrected chi connectivity index (χ2v) is 16.0. The minimum absolute atomic E-state index is 0.00435. The summed E-state index contributed by atoms with van der Waals surface area (Å²) in [6.45, 7) is 6.63. The molecule has 16 nitrogen and oxygen atoms in total. The van der Waals surface area contributed by atoms with Gasteiger partial charge in [0.15, 0.2) is 17.3 Å². The Bertz CT molecular complexity index is 1940. The minimum Gasteiger partial charge on any atom is -0.309 e. The predicted octanol–water partition coefficient (Wildman–Crippen LogP) is 1.57. The van der Waals surface area contributed by atoms with Crippen LogP contribution in [-0.2, 0) is 46.4 Å². The van der Waals surface area contributed by atoms with E-state index in [0.717, 1.165) is 61.3 Å². The van der Waals surface area contributed by atoms with E-state index in [1.807, 2.05) is 52.5 Å². The van der Waals surface area contributed by atoms with Crippen molar-refractivity contribution in [1.29, 1.82) is 0 Å². The maximum absolute atomic E-state index is 12.9. The number of fused-ring (bicyclic) bond motifs is 7. The molecule has 8 rings (SSSR count). The van der Waals surface area contributed by atoms with Gasteiger partial charge in [-0.2, -0.15) is 0 Å². The summed E-state index contributed by atoms with van der Waals surface area (Å²) in [6.07, 6.45) is 6.03. The Kier molecular flexibility index (Phi) is 13.8. The van der Waals surface area contributed by atoms with Crippen LogP contribution in [0.1, 0.15) is 76.8 Å². The van der Waals surface area contributed by atoms with Crippen LogP contribution in [0.5, 0.6) is 0 Å². The summed E-state index contributed by atoms with van der Waals surface area (Å²) in [5.41, 5.74) is 4.40. The molecule has 6 aliphatic heterocycles. The van der Waals surface area contributed by atoms with Gasteiger partial charge in [-0.25, -0.2) is 15.0 Å². The van der Waals surface area contributed by atoms with Gasteiger partial charge in [-0.1, -0.05) is 36.4 Å². The van der Waals surface area contributed by atoms with Crippen LogP contribution >= 0.6 is 0 Å². The number of benzene rings is 2. The van der Waals surface area contributed by atoms with Crippen molar-refractivity contribution in [2.24, 2.45) is 0 Å². The van der Waals surface area contributed by atoms with Crippen LogP contribution < -0.4 is 26.0 Å². The fourth-order valence-electron chi connectivity index (χ4n) is 9.16. The highest BCUT2D eigenvalue weighted by Gasteiger charge is 2.45.